The molecule has 0 N–H and O–H groups in total. The van der Waals surface area contributed by atoms with Gasteiger partial charge in [-0.3, -0.25) is 0 Å². The first-order valence-electron chi connectivity index (χ1n) is 6.47. The first kappa shape index (κ1) is 13.2. The van der Waals surface area contributed by atoms with Crippen molar-refractivity contribution in [2.24, 2.45) is 0 Å². The predicted molar refractivity (Wildman–Crippen MR) is 77.5 cm³/mol. The maximum atomic E-state index is 6.11. The molecule has 2 rings (SSSR count). The van der Waals surface area contributed by atoms with E-state index in [-0.39, 0.29) is 0 Å². The number of hydrogen-bond acceptors (Lipinski definition) is 2. The quantitative estimate of drug-likeness (QED) is 0.769. The Morgan fingerprint density at radius 2 is 2.17 bits per heavy atom. The topological polar surface area (TPSA) is 20.5 Å². The molecule has 0 spiro atoms. The van der Waals surface area contributed by atoms with Gasteiger partial charge in [0.25, 0.3) is 0 Å². The largest absolute Gasteiger partial charge is 0.353 e. The fourth-order valence-electron chi connectivity index (χ4n) is 2.24. The highest BCUT2D eigenvalue weighted by Crippen LogP contribution is 2.25. The highest BCUT2D eigenvalue weighted by atomic mass is 35.5. The molecule has 0 radical (unpaired) electrons. The van der Waals surface area contributed by atoms with Gasteiger partial charge in [-0.25, -0.2) is 4.98 Å². The van der Waals surface area contributed by atoms with E-state index in [1.807, 2.05) is 24.4 Å². The van der Waals surface area contributed by atoms with Crippen LogP contribution in [0.3, 0.4) is 0 Å². The molecule has 2 heterocycles. The number of hydrogen-bond donors (Lipinski definition) is 0. The summed E-state index contributed by atoms with van der Waals surface area (Å²) in [5.41, 5.74) is 2.04. The molecule has 0 saturated carbocycles. The van der Waals surface area contributed by atoms with Crippen LogP contribution in [-0.2, 0) is 5.88 Å². The average Bonchev–Trinajstić information content (AvgIpc) is 2.73. The van der Waals surface area contributed by atoms with Crippen molar-refractivity contribution >= 4 is 23.1 Å². The molecule has 0 saturated heterocycles. The van der Waals surface area contributed by atoms with Gasteiger partial charge in [-0.2, -0.15) is 0 Å². The first-order chi connectivity index (χ1) is 8.69. The minimum Gasteiger partial charge on any atom is -0.353 e. The lowest BCUT2D eigenvalue weighted by atomic mass is 10.2. The number of rotatable bonds is 5. The molecule has 18 heavy (non-hydrogen) atoms. The van der Waals surface area contributed by atoms with Gasteiger partial charge in [-0.15, -0.1) is 11.6 Å². The fourth-order valence-corrected chi connectivity index (χ4v) is 2.49. The van der Waals surface area contributed by atoms with E-state index in [9.17, 15) is 0 Å². The van der Waals surface area contributed by atoms with Crippen LogP contribution in [0, 0.1) is 0 Å². The second-order valence-corrected chi connectivity index (χ2v) is 5.00. The Morgan fingerprint density at radius 1 is 1.39 bits per heavy atom. The molecular weight excluding hydrogens is 246 g/mol. The molecular formula is C14H20ClN3. The van der Waals surface area contributed by atoms with Crippen molar-refractivity contribution in [3.8, 4) is 0 Å². The second-order valence-electron chi connectivity index (χ2n) is 4.73. The first-order valence-corrected chi connectivity index (χ1v) is 7.01. The van der Waals surface area contributed by atoms with Crippen LogP contribution < -0.4 is 4.90 Å². The molecule has 0 aliphatic rings. The van der Waals surface area contributed by atoms with Gasteiger partial charge >= 0.3 is 0 Å². The Kier molecular flexibility index (Phi) is 4.12. The smallest absolute Gasteiger partial charge is 0.152 e. The predicted octanol–water partition coefficient (Wildman–Crippen LogP) is 3.70. The van der Waals surface area contributed by atoms with Crippen LogP contribution >= 0.6 is 11.6 Å². The van der Waals surface area contributed by atoms with Crippen molar-refractivity contribution in [3.63, 3.8) is 0 Å². The fraction of sp³-hybridized carbons (Fsp3) is 0.500. The number of halogens is 1. The number of alkyl halides is 1. The molecule has 0 unspecified atom stereocenters. The zero-order valence-electron chi connectivity index (χ0n) is 11.2. The molecule has 2 aromatic rings. The van der Waals surface area contributed by atoms with Crippen molar-refractivity contribution in [1.82, 2.24) is 9.38 Å². The summed E-state index contributed by atoms with van der Waals surface area (Å²) in [6, 6.07) is 6.46. The van der Waals surface area contributed by atoms with Crippen LogP contribution in [0.15, 0.2) is 24.4 Å². The molecule has 0 aromatic carbocycles. The van der Waals surface area contributed by atoms with Crippen LogP contribution in [0.1, 0.15) is 32.9 Å². The van der Waals surface area contributed by atoms with Crippen molar-refractivity contribution in [1.29, 1.82) is 0 Å². The van der Waals surface area contributed by atoms with Crippen LogP contribution in [-0.4, -0.2) is 22.0 Å². The van der Waals surface area contributed by atoms with Crippen LogP contribution in [0.25, 0.3) is 5.65 Å². The molecule has 0 atom stereocenters. The van der Waals surface area contributed by atoms with Gasteiger partial charge in [0.15, 0.2) is 5.82 Å². The van der Waals surface area contributed by atoms with E-state index in [0.717, 1.165) is 30.1 Å². The molecule has 2 aromatic heterocycles. The van der Waals surface area contributed by atoms with E-state index in [4.69, 9.17) is 16.6 Å². The lowest BCUT2D eigenvalue weighted by molar-refractivity contribution is 0.661. The third kappa shape index (κ3) is 2.32. The molecule has 0 aliphatic carbocycles. The Labute approximate surface area is 113 Å². The highest BCUT2D eigenvalue weighted by Gasteiger charge is 2.18. The van der Waals surface area contributed by atoms with E-state index < -0.39 is 0 Å². The minimum absolute atomic E-state index is 0.428. The van der Waals surface area contributed by atoms with E-state index in [0.29, 0.717) is 11.9 Å². The van der Waals surface area contributed by atoms with Gasteiger partial charge in [-0.05, 0) is 32.4 Å². The Morgan fingerprint density at radius 3 is 2.78 bits per heavy atom. The van der Waals surface area contributed by atoms with E-state index in [1.165, 1.54) is 0 Å². The molecule has 3 nitrogen and oxygen atoms in total. The summed E-state index contributed by atoms with van der Waals surface area (Å²) in [5, 5.41) is 0. The van der Waals surface area contributed by atoms with Gasteiger partial charge in [0.1, 0.15) is 5.65 Å². The SMILES string of the molecule is CCCN(c1nc2ccccn2c1CCl)C(C)C. The lowest BCUT2D eigenvalue weighted by Crippen LogP contribution is -2.32. The van der Waals surface area contributed by atoms with Crippen LogP contribution in [0.5, 0.6) is 0 Å². The maximum absolute atomic E-state index is 6.11. The number of imidazole rings is 1. The van der Waals surface area contributed by atoms with Crippen molar-refractivity contribution in [2.45, 2.75) is 39.1 Å². The zero-order chi connectivity index (χ0) is 13.1. The van der Waals surface area contributed by atoms with Crippen LogP contribution in [0.4, 0.5) is 5.82 Å². The number of pyridine rings is 1. The molecule has 0 fully saturated rings. The van der Waals surface area contributed by atoms with Gasteiger partial charge in [-0.1, -0.05) is 13.0 Å². The molecule has 0 aliphatic heterocycles. The standard InChI is InChI=1S/C14H20ClN3/c1-4-8-17(11(2)3)14-12(10-15)18-9-6-5-7-13(18)16-14/h5-7,9,11H,4,8,10H2,1-3H3. The summed E-state index contributed by atoms with van der Waals surface area (Å²) < 4.78 is 2.08. The lowest BCUT2D eigenvalue weighted by Gasteiger charge is -2.27. The number of anilines is 1. The third-order valence-corrected chi connectivity index (χ3v) is 3.35. The summed E-state index contributed by atoms with van der Waals surface area (Å²) in [6.07, 6.45) is 3.13. The molecule has 0 amide bonds. The minimum atomic E-state index is 0.428. The van der Waals surface area contributed by atoms with Gasteiger partial charge in [0, 0.05) is 18.8 Å². The number of nitrogens with zero attached hydrogens (tertiary/aromatic N) is 3. The summed E-state index contributed by atoms with van der Waals surface area (Å²) in [6.45, 7) is 7.58. The molecule has 4 heteroatoms. The third-order valence-electron chi connectivity index (χ3n) is 3.09. The summed E-state index contributed by atoms with van der Waals surface area (Å²) in [7, 11) is 0. The van der Waals surface area contributed by atoms with Gasteiger partial charge < -0.3 is 9.30 Å². The maximum Gasteiger partial charge on any atom is 0.152 e. The summed E-state index contributed by atoms with van der Waals surface area (Å²) in [4.78, 5) is 7.05. The van der Waals surface area contributed by atoms with Gasteiger partial charge in [0.05, 0.1) is 11.6 Å². The normalized spacial score (nSPS) is 11.4. The van der Waals surface area contributed by atoms with E-state index in [1.54, 1.807) is 0 Å². The molecule has 98 valence electrons. The van der Waals surface area contributed by atoms with Crippen molar-refractivity contribution in [2.75, 3.05) is 11.4 Å². The monoisotopic (exact) mass is 265 g/mol. The zero-order valence-corrected chi connectivity index (χ0v) is 12.0. The van der Waals surface area contributed by atoms with E-state index in [2.05, 4.69) is 30.1 Å². The highest BCUT2D eigenvalue weighted by molar-refractivity contribution is 6.17. The summed E-state index contributed by atoms with van der Waals surface area (Å²) in [5.74, 6) is 1.50. The van der Waals surface area contributed by atoms with E-state index >= 15 is 0 Å². The number of aromatic nitrogens is 2. The molecule has 0 bridgehead atoms. The number of fused-ring (bicyclic) bond motifs is 1. The Hall–Kier alpha value is -1.22. The summed E-state index contributed by atoms with van der Waals surface area (Å²) >= 11 is 6.11. The van der Waals surface area contributed by atoms with Crippen LogP contribution in [0.2, 0.25) is 0 Å². The Bertz CT molecular complexity index is 519. The second kappa shape index (κ2) is 5.61. The average molecular weight is 266 g/mol. The van der Waals surface area contributed by atoms with Gasteiger partial charge in [0.2, 0.25) is 0 Å². The Balaban J connectivity index is 2.54. The van der Waals surface area contributed by atoms with Crippen molar-refractivity contribution < 1.29 is 0 Å². The van der Waals surface area contributed by atoms with Crippen molar-refractivity contribution in [3.05, 3.63) is 30.1 Å².